The molecule has 1 aliphatic heterocycles. The SMILES string of the molecule is CC(C)C(=N)N1CCC(CN(C)C)CC1. The third-order valence-corrected chi connectivity index (χ3v) is 3.13. The molecule has 15 heavy (non-hydrogen) atoms. The van der Waals surface area contributed by atoms with Crippen LogP contribution in [0, 0.1) is 17.2 Å². The molecule has 0 unspecified atom stereocenters. The van der Waals surface area contributed by atoms with Crippen molar-refractivity contribution in [2.75, 3.05) is 33.7 Å². The van der Waals surface area contributed by atoms with Crippen LogP contribution in [0.25, 0.3) is 0 Å². The average molecular weight is 211 g/mol. The number of likely N-dealkylation sites (tertiary alicyclic amines) is 1. The number of piperidine rings is 1. The first-order valence-corrected chi connectivity index (χ1v) is 5.98. The summed E-state index contributed by atoms with van der Waals surface area (Å²) in [5.41, 5.74) is 0. The maximum atomic E-state index is 7.96. The van der Waals surface area contributed by atoms with E-state index in [-0.39, 0.29) is 0 Å². The van der Waals surface area contributed by atoms with E-state index < -0.39 is 0 Å². The van der Waals surface area contributed by atoms with Crippen LogP contribution >= 0.6 is 0 Å². The highest BCUT2D eigenvalue weighted by molar-refractivity contribution is 5.81. The predicted octanol–water partition coefficient (Wildman–Crippen LogP) is 1.89. The predicted molar refractivity (Wildman–Crippen MR) is 65.4 cm³/mol. The first-order valence-electron chi connectivity index (χ1n) is 5.98. The lowest BCUT2D eigenvalue weighted by atomic mass is 9.95. The molecule has 1 rings (SSSR count). The molecule has 3 nitrogen and oxygen atoms in total. The van der Waals surface area contributed by atoms with Gasteiger partial charge in [-0.15, -0.1) is 0 Å². The van der Waals surface area contributed by atoms with Crippen LogP contribution in [0.1, 0.15) is 26.7 Å². The summed E-state index contributed by atoms with van der Waals surface area (Å²) in [6, 6.07) is 0. The van der Waals surface area contributed by atoms with Gasteiger partial charge in [0.15, 0.2) is 0 Å². The van der Waals surface area contributed by atoms with E-state index in [0.29, 0.717) is 5.92 Å². The summed E-state index contributed by atoms with van der Waals surface area (Å²) in [7, 11) is 4.28. The Balaban J connectivity index is 2.32. The second kappa shape index (κ2) is 5.50. The Hall–Kier alpha value is -0.570. The molecular weight excluding hydrogens is 186 g/mol. The van der Waals surface area contributed by atoms with Crippen molar-refractivity contribution in [1.29, 1.82) is 5.41 Å². The van der Waals surface area contributed by atoms with Crippen LogP contribution in [0.5, 0.6) is 0 Å². The maximum Gasteiger partial charge on any atom is 0.0983 e. The van der Waals surface area contributed by atoms with Gasteiger partial charge in [-0.3, -0.25) is 5.41 Å². The summed E-state index contributed by atoms with van der Waals surface area (Å²) in [6.07, 6.45) is 2.49. The third-order valence-electron chi connectivity index (χ3n) is 3.13. The molecule has 0 aromatic rings. The van der Waals surface area contributed by atoms with Crippen LogP contribution in [0.2, 0.25) is 0 Å². The van der Waals surface area contributed by atoms with Gasteiger partial charge in [-0.05, 0) is 32.9 Å². The summed E-state index contributed by atoms with van der Waals surface area (Å²) < 4.78 is 0. The Labute approximate surface area is 94.0 Å². The molecule has 1 aliphatic rings. The lowest BCUT2D eigenvalue weighted by Crippen LogP contribution is -2.42. The molecule has 1 heterocycles. The Bertz CT molecular complexity index is 203. The highest BCUT2D eigenvalue weighted by Gasteiger charge is 2.22. The van der Waals surface area contributed by atoms with E-state index in [1.165, 1.54) is 19.4 Å². The van der Waals surface area contributed by atoms with Gasteiger partial charge in [-0.1, -0.05) is 13.8 Å². The molecule has 0 radical (unpaired) electrons. The van der Waals surface area contributed by atoms with Crippen LogP contribution in [0.15, 0.2) is 0 Å². The molecule has 3 heteroatoms. The highest BCUT2D eigenvalue weighted by atomic mass is 15.2. The van der Waals surface area contributed by atoms with Gasteiger partial charge in [-0.25, -0.2) is 0 Å². The zero-order chi connectivity index (χ0) is 11.4. The van der Waals surface area contributed by atoms with E-state index in [1.54, 1.807) is 0 Å². The summed E-state index contributed by atoms with van der Waals surface area (Å²) in [5.74, 6) is 2.02. The Morgan fingerprint density at radius 1 is 1.33 bits per heavy atom. The molecule has 0 amide bonds. The highest BCUT2D eigenvalue weighted by Crippen LogP contribution is 2.19. The van der Waals surface area contributed by atoms with E-state index in [9.17, 15) is 0 Å². The Morgan fingerprint density at radius 3 is 2.27 bits per heavy atom. The average Bonchev–Trinajstić information content (AvgIpc) is 2.17. The van der Waals surface area contributed by atoms with Crippen molar-refractivity contribution in [3.05, 3.63) is 0 Å². The van der Waals surface area contributed by atoms with Crippen LogP contribution in [0.3, 0.4) is 0 Å². The molecular formula is C12H25N3. The fourth-order valence-electron chi connectivity index (χ4n) is 2.24. The molecule has 0 aliphatic carbocycles. The fourth-order valence-corrected chi connectivity index (χ4v) is 2.24. The van der Waals surface area contributed by atoms with Crippen LogP contribution in [0.4, 0.5) is 0 Å². The topological polar surface area (TPSA) is 30.3 Å². The number of hydrogen-bond donors (Lipinski definition) is 1. The van der Waals surface area contributed by atoms with E-state index in [1.807, 2.05) is 0 Å². The fraction of sp³-hybridized carbons (Fsp3) is 0.917. The van der Waals surface area contributed by atoms with Gasteiger partial charge >= 0.3 is 0 Å². The second-order valence-electron chi connectivity index (χ2n) is 5.23. The maximum absolute atomic E-state index is 7.96. The van der Waals surface area contributed by atoms with Crippen molar-refractivity contribution in [2.45, 2.75) is 26.7 Å². The monoisotopic (exact) mass is 211 g/mol. The summed E-state index contributed by atoms with van der Waals surface area (Å²) in [6.45, 7) is 7.57. The molecule has 0 saturated carbocycles. The van der Waals surface area contributed by atoms with Crippen LogP contribution in [-0.2, 0) is 0 Å². The normalized spacial score (nSPS) is 18.9. The molecule has 0 atom stereocenters. The van der Waals surface area contributed by atoms with Gasteiger partial charge < -0.3 is 9.80 Å². The zero-order valence-electron chi connectivity index (χ0n) is 10.6. The van der Waals surface area contributed by atoms with Gasteiger partial charge in [0, 0.05) is 25.6 Å². The quantitative estimate of drug-likeness (QED) is 0.571. The van der Waals surface area contributed by atoms with Gasteiger partial charge in [0.05, 0.1) is 5.84 Å². The van der Waals surface area contributed by atoms with Gasteiger partial charge in [0.2, 0.25) is 0 Å². The van der Waals surface area contributed by atoms with Crippen LogP contribution in [-0.4, -0.2) is 49.4 Å². The minimum Gasteiger partial charge on any atom is -0.360 e. The molecule has 0 bridgehead atoms. The van der Waals surface area contributed by atoms with Crippen molar-refractivity contribution in [3.8, 4) is 0 Å². The first kappa shape index (κ1) is 12.5. The van der Waals surface area contributed by atoms with E-state index in [4.69, 9.17) is 5.41 Å². The van der Waals surface area contributed by atoms with Crippen LogP contribution < -0.4 is 0 Å². The molecule has 0 spiro atoms. The lowest BCUT2D eigenvalue weighted by molar-refractivity contribution is 0.214. The van der Waals surface area contributed by atoms with E-state index >= 15 is 0 Å². The van der Waals surface area contributed by atoms with Crippen molar-refractivity contribution in [2.24, 2.45) is 11.8 Å². The van der Waals surface area contributed by atoms with E-state index in [2.05, 4.69) is 37.7 Å². The van der Waals surface area contributed by atoms with Gasteiger partial charge in [-0.2, -0.15) is 0 Å². The molecule has 0 aromatic heterocycles. The van der Waals surface area contributed by atoms with Crippen molar-refractivity contribution in [3.63, 3.8) is 0 Å². The first-order chi connectivity index (χ1) is 7.00. The number of rotatable bonds is 3. The zero-order valence-corrected chi connectivity index (χ0v) is 10.6. The largest absolute Gasteiger partial charge is 0.360 e. The Morgan fingerprint density at radius 2 is 1.87 bits per heavy atom. The van der Waals surface area contributed by atoms with Crippen molar-refractivity contribution >= 4 is 5.84 Å². The third kappa shape index (κ3) is 3.82. The summed E-state index contributed by atoms with van der Waals surface area (Å²) in [5, 5.41) is 7.96. The molecule has 0 aromatic carbocycles. The minimum atomic E-state index is 0.371. The Kier molecular flexibility index (Phi) is 4.58. The molecule has 1 N–H and O–H groups in total. The smallest absolute Gasteiger partial charge is 0.0983 e. The number of amidine groups is 1. The summed E-state index contributed by atoms with van der Waals surface area (Å²) in [4.78, 5) is 4.52. The second-order valence-corrected chi connectivity index (χ2v) is 5.23. The van der Waals surface area contributed by atoms with E-state index in [0.717, 1.165) is 24.8 Å². The minimum absolute atomic E-state index is 0.371. The molecule has 88 valence electrons. The lowest BCUT2D eigenvalue weighted by Gasteiger charge is -2.35. The number of hydrogen-bond acceptors (Lipinski definition) is 2. The molecule has 1 saturated heterocycles. The molecule has 1 fully saturated rings. The van der Waals surface area contributed by atoms with Gasteiger partial charge in [0.1, 0.15) is 0 Å². The van der Waals surface area contributed by atoms with Gasteiger partial charge in [0.25, 0.3) is 0 Å². The summed E-state index contributed by atoms with van der Waals surface area (Å²) >= 11 is 0. The number of nitrogens with one attached hydrogen (secondary N) is 1. The number of nitrogens with zero attached hydrogens (tertiary/aromatic N) is 2. The standard InChI is InChI=1S/C12H25N3/c1-10(2)12(13)15-7-5-11(6-8-15)9-14(3)4/h10-11,13H,5-9H2,1-4H3. The van der Waals surface area contributed by atoms with Crippen molar-refractivity contribution < 1.29 is 0 Å². The van der Waals surface area contributed by atoms with Crippen molar-refractivity contribution in [1.82, 2.24) is 9.80 Å².